The first kappa shape index (κ1) is 30.3. The molecule has 3 aromatic carbocycles. The second-order valence-corrected chi connectivity index (χ2v) is 11.8. The number of halogens is 3. The Balaban J connectivity index is 1.43. The van der Waals surface area contributed by atoms with Gasteiger partial charge < -0.3 is 9.73 Å². The van der Waals surface area contributed by atoms with Gasteiger partial charge in [0.05, 0.1) is 27.7 Å². The van der Waals surface area contributed by atoms with Crippen molar-refractivity contribution < 1.29 is 22.4 Å². The quantitative estimate of drug-likeness (QED) is 0.138. The van der Waals surface area contributed by atoms with Crippen molar-refractivity contribution in [3.05, 3.63) is 123 Å². The molecule has 0 aliphatic rings. The van der Waals surface area contributed by atoms with Crippen LogP contribution >= 0.6 is 34.8 Å². The van der Waals surface area contributed by atoms with Crippen molar-refractivity contribution in [2.24, 2.45) is 5.10 Å². The standard InChI is InChI=1S/C28H23Cl3N4O5S/c29-21-7-11-24(12-8-21)41(38,39)35(17-20-6-13-25(30)26(31)14-20)18-23-10-9-22(40-23)16-33-34-28(37)27(36)32-15-19-4-2-1-3-5-19/h1-14,16H,15,17-18H2,(H,32,36)(H,34,37)/b33-16+. The zero-order valence-corrected chi connectivity index (χ0v) is 24.3. The summed E-state index contributed by atoms with van der Waals surface area (Å²) in [4.78, 5) is 24.1. The van der Waals surface area contributed by atoms with Crippen LogP contribution in [-0.2, 0) is 39.2 Å². The van der Waals surface area contributed by atoms with Gasteiger partial charge in [-0.05, 0) is 59.7 Å². The SMILES string of the molecule is O=C(NCc1ccccc1)C(=O)N/N=C/c1ccc(CN(Cc2ccc(Cl)c(Cl)c2)S(=O)(=O)c2ccc(Cl)cc2)o1. The maximum Gasteiger partial charge on any atom is 0.329 e. The van der Waals surface area contributed by atoms with Gasteiger partial charge in [0, 0.05) is 18.1 Å². The number of sulfonamides is 1. The third-order valence-corrected chi connectivity index (χ3v) is 8.47. The van der Waals surface area contributed by atoms with Crippen LogP contribution in [0, 0.1) is 0 Å². The van der Waals surface area contributed by atoms with Gasteiger partial charge in [-0.2, -0.15) is 9.41 Å². The molecule has 9 nitrogen and oxygen atoms in total. The lowest BCUT2D eigenvalue weighted by Gasteiger charge is -2.22. The van der Waals surface area contributed by atoms with Gasteiger partial charge in [0.2, 0.25) is 10.0 Å². The van der Waals surface area contributed by atoms with E-state index in [-0.39, 0.29) is 30.3 Å². The molecule has 0 aliphatic carbocycles. The van der Waals surface area contributed by atoms with E-state index in [4.69, 9.17) is 39.2 Å². The Morgan fingerprint density at radius 2 is 1.56 bits per heavy atom. The van der Waals surface area contributed by atoms with E-state index >= 15 is 0 Å². The van der Waals surface area contributed by atoms with Gasteiger partial charge in [0.25, 0.3) is 0 Å². The molecule has 1 aromatic heterocycles. The van der Waals surface area contributed by atoms with Crippen LogP contribution in [-0.4, -0.2) is 30.8 Å². The van der Waals surface area contributed by atoms with Crippen LogP contribution < -0.4 is 10.7 Å². The maximum absolute atomic E-state index is 13.5. The third-order valence-electron chi connectivity index (χ3n) is 5.67. The largest absolute Gasteiger partial charge is 0.459 e. The highest BCUT2D eigenvalue weighted by molar-refractivity contribution is 7.89. The molecule has 0 atom stereocenters. The van der Waals surface area contributed by atoms with Crippen LogP contribution in [0.5, 0.6) is 0 Å². The molecular formula is C28H23Cl3N4O5S. The van der Waals surface area contributed by atoms with E-state index < -0.39 is 21.8 Å². The van der Waals surface area contributed by atoms with Gasteiger partial charge in [0.1, 0.15) is 11.5 Å². The lowest BCUT2D eigenvalue weighted by Crippen LogP contribution is -2.37. The molecule has 4 aromatic rings. The zero-order chi connectivity index (χ0) is 29.4. The number of carbonyl (C=O) groups excluding carboxylic acids is 2. The molecule has 0 radical (unpaired) electrons. The highest BCUT2D eigenvalue weighted by atomic mass is 35.5. The first-order valence-electron chi connectivity index (χ1n) is 12.1. The number of benzene rings is 3. The minimum absolute atomic E-state index is 0.0277. The number of hydrogen-bond donors (Lipinski definition) is 2. The Morgan fingerprint density at radius 1 is 0.829 bits per heavy atom. The van der Waals surface area contributed by atoms with Gasteiger partial charge in [-0.25, -0.2) is 13.8 Å². The Labute approximate surface area is 251 Å². The number of carbonyl (C=O) groups is 2. The summed E-state index contributed by atoms with van der Waals surface area (Å²) in [5.74, 6) is -1.28. The van der Waals surface area contributed by atoms with Crippen LogP contribution in [0.3, 0.4) is 0 Å². The molecule has 212 valence electrons. The molecule has 2 N–H and O–H groups in total. The molecule has 0 fully saturated rings. The predicted octanol–water partition coefficient (Wildman–Crippen LogP) is 5.40. The molecular weight excluding hydrogens is 611 g/mol. The monoisotopic (exact) mass is 632 g/mol. The smallest absolute Gasteiger partial charge is 0.329 e. The molecule has 0 saturated carbocycles. The van der Waals surface area contributed by atoms with E-state index in [0.717, 1.165) is 5.56 Å². The van der Waals surface area contributed by atoms with E-state index in [2.05, 4.69) is 15.8 Å². The van der Waals surface area contributed by atoms with Crippen LogP contribution in [0.4, 0.5) is 0 Å². The average molecular weight is 634 g/mol. The van der Waals surface area contributed by atoms with Gasteiger partial charge in [-0.3, -0.25) is 9.59 Å². The zero-order valence-electron chi connectivity index (χ0n) is 21.3. The molecule has 41 heavy (non-hydrogen) atoms. The number of hydrogen-bond acceptors (Lipinski definition) is 6. The van der Waals surface area contributed by atoms with Gasteiger partial charge in [-0.15, -0.1) is 0 Å². The Morgan fingerprint density at radius 3 is 2.27 bits per heavy atom. The summed E-state index contributed by atoms with van der Waals surface area (Å²) in [5, 5.41) is 7.28. The molecule has 0 aliphatic heterocycles. The summed E-state index contributed by atoms with van der Waals surface area (Å²) in [6.07, 6.45) is 1.20. The van der Waals surface area contributed by atoms with Gasteiger partial charge in [-0.1, -0.05) is 71.2 Å². The highest BCUT2D eigenvalue weighted by Gasteiger charge is 2.26. The fourth-order valence-corrected chi connectivity index (χ4v) is 5.45. The van der Waals surface area contributed by atoms with Crippen molar-refractivity contribution in [2.75, 3.05) is 0 Å². The molecule has 2 amide bonds. The molecule has 0 bridgehead atoms. The average Bonchev–Trinajstić information content (AvgIpc) is 3.41. The van der Waals surface area contributed by atoms with E-state index in [1.54, 1.807) is 30.3 Å². The van der Waals surface area contributed by atoms with E-state index in [1.807, 2.05) is 30.3 Å². The minimum Gasteiger partial charge on any atom is -0.459 e. The van der Waals surface area contributed by atoms with Crippen molar-refractivity contribution >= 4 is 62.9 Å². The molecule has 4 rings (SSSR count). The summed E-state index contributed by atoms with van der Waals surface area (Å²) < 4.78 is 34.0. The number of hydrazone groups is 1. The number of nitrogens with zero attached hydrogens (tertiary/aromatic N) is 2. The fourth-order valence-electron chi connectivity index (χ4n) is 3.61. The normalized spacial score (nSPS) is 11.6. The van der Waals surface area contributed by atoms with Gasteiger partial charge >= 0.3 is 11.8 Å². The second-order valence-electron chi connectivity index (χ2n) is 8.65. The molecule has 0 spiro atoms. The van der Waals surface area contributed by atoms with Crippen molar-refractivity contribution in [1.29, 1.82) is 0 Å². The number of rotatable bonds is 10. The maximum atomic E-state index is 13.5. The first-order chi connectivity index (χ1) is 19.6. The number of amides is 2. The predicted molar refractivity (Wildman–Crippen MR) is 157 cm³/mol. The molecule has 0 unspecified atom stereocenters. The minimum atomic E-state index is -3.99. The van der Waals surface area contributed by atoms with Crippen molar-refractivity contribution in [3.8, 4) is 0 Å². The highest BCUT2D eigenvalue weighted by Crippen LogP contribution is 2.27. The fraction of sp³-hybridized carbons (Fsp3) is 0.107. The summed E-state index contributed by atoms with van der Waals surface area (Å²) in [6.45, 7) is 0.0312. The van der Waals surface area contributed by atoms with E-state index in [9.17, 15) is 18.0 Å². The topological polar surface area (TPSA) is 121 Å². The molecule has 0 saturated heterocycles. The van der Waals surface area contributed by atoms with Crippen molar-refractivity contribution in [2.45, 2.75) is 24.5 Å². The number of furan rings is 1. The van der Waals surface area contributed by atoms with E-state index in [0.29, 0.717) is 26.4 Å². The lowest BCUT2D eigenvalue weighted by atomic mass is 10.2. The molecule has 13 heteroatoms. The van der Waals surface area contributed by atoms with Crippen LogP contribution in [0.15, 0.2) is 99.3 Å². The summed E-state index contributed by atoms with van der Waals surface area (Å²) in [5.41, 5.74) is 3.58. The van der Waals surface area contributed by atoms with Crippen LogP contribution in [0.1, 0.15) is 22.6 Å². The summed E-state index contributed by atoms with van der Waals surface area (Å²) >= 11 is 18.1. The lowest BCUT2D eigenvalue weighted by molar-refractivity contribution is -0.139. The van der Waals surface area contributed by atoms with Gasteiger partial charge in [0.15, 0.2) is 0 Å². The van der Waals surface area contributed by atoms with E-state index in [1.165, 1.54) is 34.8 Å². The Bertz CT molecular complexity index is 1660. The molecule has 1 heterocycles. The Kier molecular flexibility index (Phi) is 10.2. The van der Waals surface area contributed by atoms with Crippen molar-refractivity contribution in [3.63, 3.8) is 0 Å². The Hall–Kier alpha value is -3.67. The van der Waals surface area contributed by atoms with Crippen LogP contribution in [0.2, 0.25) is 15.1 Å². The summed E-state index contributed by atoms with van der Waals surface area (Å²) in [7, 11) is -3.99. The first-order valence-corrected chi connectivity index (χ1v) is 14.6. The number of nitrogens with one attached hydrogen (secondary N) is 2. The van der Waals surface area contributed by atoms with Crippen molar-refractivity contribution in [1.82, 2.24) is 15.0 Å². The van der Waals surface area contributed by atoms with Crippen LogP contribution in [0.25, 0.3) is 0 Å². The second kappa shape index (κ2) is 13.8. The summed E-state index contributed by atoms with van der Waals surface area (Å²) in [6, 6.07) is 22.9. The third kappa shape index (κ3) is 8.42.